The summed E-state index contributed by atoms with van der Waals surface area (Å²) in [6.45, 7) is 0. The highest BCUT2D eigenvalue weighted by Gasteiger charge is 2.39. The van der Waals surface area contributed by atoms with Crippen molar-refractivity contribution < 1.29 is 18.0 Å². The third kappa shape index (κ3) is 3.12. The number of fused-ring (bicyclic) bond motifs is 1. The topological polar surface area (TPSA) is 33.2 Å². The number of ketones is 1. The second-order valence-electron chi connectivity index (χ2n) is 5.47. The first-order chi connectivity index (χ1) is 11.3. The largest absolute Gasteiger partial charge is 0.454 e. The molecule has 0 aliphatic rings. The summed E-state index contributed by atoms with van der Waals surface area (Å²) in [5.74, 6) is -1.85. The van der Waals surface area contributed by atoms with Gasteiger partial charge in [-0.1, -0.05) is 18.2 Å². The molecule has 0 aliphatic carbocycles. The fourth-order valence-corrected chi connectivity index (χ4v) is 3.27. The van der Waals surface area contributed by atoms with Crippen molar-refractivity contribution >= 4 is 33.0 Å². The van der Waals surface area contributed by atoms with E-state index in [1.165, 1.54) is 23.5 Å². The summed E-state index contributed by atoms with van der Waals surface area (Å²) >= 11 is 1.38. The van der Waals surface area contributed by atoms with Gasteiger partial charge in [-0.2, -0.15) is 13.2 Å². The van der Waals surface area contributed by atoms with Gasteiger partial charge in [0.05, 0.1) is 10.2 Å². The van der Waals surface area contributed by atoms with Gasteiger partial charge in [-0.25, -0.2) is 4.98 Å². The van der Waals surface area contributed by atoms with Crippen molar-refractivity contribution in [2.24, 2.45) is 0 Å². The highest BCUT2D eigenvalue weighted by molar-refractivity contribution is 7.21. The fraction of sp³-hybridized carbons (Fsp3) is 0.176. The van der Waals surface area contributed by atoms with Crippen molar-refractivity contribution in [3.63, 3.8) is 0 Å². The standard InChI is InChI=1S/C17H13F3N2OS/c1-22(2)12-6-7-13-14(9-12)24-16(21-13)11-5-3-4-10(8-11)15(23)17(18,19)20/h3-9H,1-2H3. The molecule has 3 nitrogen and oxygen atoms in total. The van der Waals surface area contributed by atoms with E-state index in [2.05, 4.69) is 4.98 Å². The van der Waals surface area contributed by atoms with Crippen LogP contribution in [0.3, 0.4) is 0 Å². The van der Waals surface area contributed by atoms with Crippen LogP contribution in [-0.4, -0.2) is 31.0 Å². The first kappa shape index (κ1) is 16.4. The molecule has 0 fully saturated rings. The lowest BCUT2D eigenvalue weighted by Gasteiger charge is -2.11. The lowest BCUT2D eigenvalue weighted by atomic mass is 10.1. The predicted molar refractivity (Wildman–Crippen MR) is 89.8 cm³/mol. The van der Waals surface area contributed by atoms with E-state index in [0.29, 0.717) is 10.6 Å². The maximum absolute atomic E-state index is 12.6. The molecule has 0 N–H and O–H groups in total. The number of alkyl halides is 3. The minimum Gasteiger partial charge on any atom is -0.378 e. The Hall–Kier alpha value is -2.41. The number of nitrogens with zero attached hydrogens (tertiary/aromatic N) is 2. The van der Waals surface area contributed by atoms with E-state index in [4.69, 9.17) is 0 Å². The molecule has 0 spiro atoms. The van der Waals surface area contributed by atoms with Gasteiger partial charge in [0.1, 0.15) is 5.01 Å². The number of hydrogen-bond acceptors (Lipinski definition) is 4. The summed E-state index contributed by atoms with van der Waals surface area (Å²) in [5, 5.41) is 0.581. The van der Waals surface area contributed by atoms with Crippen molar-refractivity contribution in [2.45, 2.75) is 6.18 Å². The van der Waals surface area contributed by atoms with Gasteiger partial charge >= 0.3 is 6.18 Å². The van der Waals surface area contributed by atoms with E-state index < -0.39 is 12.0 Å². The van der Waals surface area contributed by atoms with Crippen LogP contribution in [0.1, 0.15) is 10.4 Å². The summed E-state index contributed by atoms with van der Waals surface area (Å²) in [6.07, 6.45) is -4.88. The lowest BCUT2D eigenvalue weighted by molar-refractivity contribution is -0.0885. The van der Waals surface area contributed by atoms with Gasteiger partial charge < -0.3 is 4.90 Å². The Morgan fingerprint density at radius 3 is 2.54 bits per heavy atom. The Morgan fingerprint density at radius 2 is 1.88 bits per heavy atom. The predicted octanol–water partition coefficient (Wildman–Crippen LogP) is 4.77. The highest BCUT2D eigenvalue weighted by atomic mass is 32.1. The smallest absolute Gasteiger partial charge is 0.378 e. The molecule has 7 heteroatoms. The van der Waals surface area contributed by atoms with Crippen molar-refractivity contribution in [3.05, 3.63) is 48.0 Å². The molecule has 2 aromatic carbocycles. The third-order valence-corrected chi connectivity index (χ3v) is 4.58. The number of hydrogen-bond donors (Lipinski definition) is 0. The molecule has 0 atom stereocenters. The highest BCUT2D eigenvalue weighted by Crippen LogP contribution is 2.33. The van der Waals surface area contributed by atoms with Crippen molar-refractivity contribution in [1.29, 1.82) is 0 Å². The molecule has 1 aromatic heterocycles. The number of anilines is 1. The van der Waals surface area contributed by atoms with Gasteiger partial charge in [0, 0.05) is 30.9 Å². The normalized spacial score (nSPS) is 11.7. The Bertz CT molecular complexity index is 916. The SMILES string of the molecule is CN(C)c1ccc2nc(-c3cccc(C(=O)C(F)(F)F)c3)sc2c1. The van der Waals surface area contributed by atoms with Crippen LogP contribution in [0.25, 0.3) is 20.8 Å². The molecular weight excluding hydrogens is 337 g/mol. The van der Waals surface area contributed by atoms with Gasteiger partial charge in [0.2, 0.25) is 0 Å². The zero-order valence-electron chi connectivity index (χ0n) is 12.9. The molecule has 0 unspecified atom stereocenters. The molecule has 0 amide bonds. The van der Waals surface area contributed by atoms with Gasteiger partial charge in [-0.05, 0) is 24.3 Å². The quantitative estimate of drug-likeness (QED) is 0.638. The number of carbonyl (C=O) groups is 1. The van der Waals surface area contributed by atoms with Crippen molar-refractivity contribution in [1.82, 2.24) is 4.98 Å². The molecule has 124 valence electrons. The third-order valence-electron chi connectivity index (χ3n) is 3.52. The molecule has 0 aliphatic heterocycles. The lowest BCUT2D eigenvalue weighted by Crippen LogP contribution is -2.22. The summed E-state index contributed by atoms with van der Waals surface area (Å²) in [5.41, 5.74) is 1.90. The zero-order chi connectivity index (χ0) is 17.5. The average Bonchev–Trinajstić information content (AvgIpc) is 2.96. The first-order valence-corrected chi connectivity index (χ1v) is 7.87. The number of aromatic nitrogens is 1. The van der Waals surface area contributed by atoms with Crippen LogP contribution in [0, 0.1) is 0 Å². The molecular formula is C17H13F3N2OS. The minimum atomic E-state index is -4.88. The van der Waals surface area contributed by atoms with Crippen LogP contribution >= 0.6 is 11.3 Å². The average molecular weight is 350 g/mol. The monoisotopic (exact) mass is 350 g/mol. The summed E-state index contributed by atoms with van der Waals surface area (Å²) in [4.78, 5) is 17.8. The van der Waals surface area contributed by atoms with Crippen molar-refractivity contribution in [2.75, 3.05) is 19.0 Å². The number of benzene rings is 2. The summed E-state index contributed by atoms with van der Waals surface area (Å²) < 4.78 is 38.7. The van der Waals surface area contributed by atoms with Crippen LogP contribution in [0.5, 0.6) is 0 Å². The number of rotatable bonds is 3. The van der Waals surface area contributed by atoms with Gasteiger partial charge in [0.25, 0.3) is 5.78 Å². The van der Waals surface area contributed by atoms with E-state index in [1.54, 1.807) is 6.07 Å². The van der Waals surface area contributed by atoms with Gasteiger partial charge in [-0.3, -0.25) is 4.79 Å². The maximum atomic E-state index is 12.6. The van der Waals surface area contributed by atoms with Crippen LogP contribution in [0.2, 0.25) is 0 Å². The minimum absolute atomic E-state index is 0.381. The molecule has 0 saturated carbocycles. The van der Waals surface area contributed by atoms with Crippen LogP contribution in [0.4, 0.5) is 18.9 Å². The Balaban J connectivity index is 2.03. The molecule has 0 saturated heterocycles. The Kier molecular flexibility index (Phi) is 4.04. The molecule has 3 rings (SSSR count). The van der Waals surface area contributed by atoms with E-state index in [-0.39, 0.29) is 5.56 Å². The molecule has 24 heavy (non-hydrogen) atoms. The van der Waals surface area contributed by atoms with Crippen LogP contribution < -0.4 is 4.90 Å². The second kappa shape index (κ2) is 5.90. The van der Waals surface area contributed by atoms with E-state index in [9.17, 15) is 18.0 Å². The molecule has 0 radical (unpaired) electrons. The first-order valence-electron chi connectivity index (χ1n) is 7.05. The zero-order valence-corrected chi connectivity index (χ0v) is 13.7. The van der Waals surface area contributed by atoms with Gasteiger partial charge in [-0.15, -0.1) is 11.3 Å². The number of carbonyl (C=O) groups excluding carboxylic acids is 1. The van der Waals surface area contributed by atoms with Crippen molar-refractivity contribution in [3.8, 4) is 10.6 Å². The molecule has 0 bridgehead atoms. The van der Waals surface area contributed by atoms with E-state index in [1.807, 2.05) is 37.2 Å². The van der Waals surface area contributed by atoms with Crippen LogP contribution in [-0.2, 0) is 0 Å². The second-order valence-corrected chi connectivity index (χ2v) is 6.50. The molecule has 1 heterocycles. The maximum Gasteiger partial charge on any atom is 0.454 e. The Labute approximate surface area is 140 Å². The number of Topliss-reactive ketones (excluding diaryl/α,β-unsaturated/α-hetero) is 1. The molecule has 3 aromatic rings. The van der Waals surface area contributed by atoms with Crippen LogP contribution in [0.15, 0.2) is 42.5 Å². The van der Waals surface area contributed by atoms with E-state index >= 15 is 0 Å². The fourth-order valence-electron chi connectivity index (χ4n) is 2.27. The Morgan fingerprint density at radius 1 is 1.12 bits per heavy atom. The summed E-state index contributed by atoms with van der Waals surface area (Å²) in [7, 11) is 3.85. The summed E-state index contributed by atoms with van der Waals surface area (Å²) in [6, 6.07) is 11.3. The number of thiazole rings is 1. The van der Waals surface area contributed by atoms with Gasteiger partial charge in [0.15, 0.2) is 0 Å². The van der Waals surface area contributed by atoms with E-state index in [0.717, 1.165) is 22.0 Å². The number of halogens is 3.